The summed E-state index contributed by atoms with van der Waals surface area (Å²) >= 11 is 3.72. The average molecular weight is 700 g/mol. The van der Waals surface area contributed by atoms with Gasteiger partial charge in [-0.15, -0.1) is 22.7 Å². The van der Waals surface area contributed by atoms with Crippen LogP contribution in [-0.4, -0.2) is 0 Å². The van der Waals surface area contributed by atoms with Crippen molar-refractivity contribution in [1.82, 2.24) is 0 Å². The van der Waals surface area contributed by atoms with E-state index in [1.165, 1.54) is 62.6 Å². The molecule has 244 valence electrons. The molecule has 0 amide bonds. The van der Waals surface area contributed by atoms with Crippen molar-refractivity contribution >= 4 is 102 Å². The SMILES string of the molecule is c1cc(-c2cccc3c2sc2ccccc23)cc(N(c2ccc(-c3ccc4sc5ccccc5c4c3)cc2)c2cccc3c2oc2ccccc23)c1. The molecule has 0 radical (unpaired) electrons. The highest BCUT2D eigenvalue weighted by Crippen LogP contribution is 2.45. The van der Waals surface area contributed by atoms with Crippen molar-refractivity contribution in [2.45, 2.75) is 0 Å². The van der Waals surface area contributed by atoms with Crippen LogP contribution in [0.3, 0.4) is 0 Å². The molecule has 0 atom stereocenters. The van der Waals surface area contributed by atoms with Gasteiger partial charge in [0.15, 0.2) is 5.58 Å². The summed E-state index contributed by atoms with van der Waals surface area (Å²) in [4.78, 5) is 2.35. The fourth-order valence-corrected chi connectivity index (χ4v) is 10.2. The van der Waals surface area contributed by atoms with Crippen LogP contribution in [0.2, 0.25) is 0 Å². The fraction of sp³-hybridized carbons (Fsp3) is 0. The number of rotatable bonds is 5. The maximum Gasteiger partial charge on any atom is 0.159 e. The highest BCUT2D eigenvalue weighted by atomic mass is 32.1. The zero-order valence-corrected chi connectivity index (χ0v) is 29.5. The molecular formula is C48H29NOS2. The molecule has 3 aromatic heterocycles. The minimum atomic E-state index is 0.875. The van der Waals surface area contributed by atoms with Crippen LogP contribution in [0.15, 0.2) is 180 Å². The van der Waals surface area contributed by atoms with E-state index in [1.54, 1.807) is 0 Å². The smallest absolute Gasteiger partial charge is 0.159 e. The first-order chi connectivity index (χ1) is 25.8. The molecule has 2 nitrogen and oxygen atoms in total. The van der Waals surface area contributed by atoms with Gasteiger partial charge in [-0.1, -0.05) is 115 Å². The van der Waals surface area contributed by atoms with E-state index in [-0.39, 0.29) is 0 Å². The minimum absolute atomic E-state index is 0.875. The van der Waals surface area contributed by atoms with Crippen LogP contribution < -0.4 is 4.90 Å². The lowest BCUT2D eigenvalue weighted by Gasteiger charge is -2.26. The number of furan rings is 1. The summed E-state index contributed by atoms with van der Waals surface area (Å²) in [6.07, 6.45) is 0. The van der Waals surface area contributed by atoms with Crippen LogP contribution >= 0.6 is 22.7 Å². The van der Waals surface area contributed by atoms with E-state index < -0.39 is 0 Å². The molecule has 0 saturated heterocycles. The van der Waals surface area contributed by atoms with Crippen molar-refractivity contribution < 1.29 is 4.42 Å². The van der Waals surface area contributed by atoms with E-state index >= 15 is 0 Å². The van der Waals surface area contributed by atoms with E-state index in [0.717, 1.165) is 39.0 Å². The van der Waals surface area contributed by atoms with Gasteiger partial charge in [-0.3, -0.25) is 0 Å². The number of hydrogen-bond acceptors (Lipinski definition) is 4. The molecule has 0 fully saturated rings. The van der Waals surface area contributed by atoms with Gasteiger partial charge < -0.3 is 9.32 Å². The van der Waals surface area contributed by atoms with E-state index in [2.05, 4.69) is 175 Å². The third-order valence-electron chi connectivity index (χ3n) is 10.3. The van der Waals surface area contributed by atoms with E-state index in [9.17, 15) is 0 Å². The average Bonchev–Trinajstić information content (AvgIpc) is 3.90. The number of hydrogen-bond donors (Lipinski definition) is 0. The number of para-hydroxylation sites is 2. The number of thiophene rings is 2. The van der Waals surface area contributed by atoms with Crippen molar-refractivity contribution in [1.29, 1.82) is 0 Å². The zero-order chi connectivity index (χ0) is 34.2. The van der Waals surface area contributed by atoms with Gasteiger partial charge in [-0.25, -0.2) is 0 Å². The lowest BCUT2D eigenvalue weighted by Crippen LogP contribution is -2.10. The molecule has 0 unspecified atom stereocenters. The Morgan fingerprint density at radius 2 is 1.04 bits per heavy atom. The highest BCUT2D eigenvalue weighted by Gasteiger charge is 2.20. The van der Waals surface area contributed by atoms with Gasteiger partial charge in [0.25, 0.3) is 0 Å². The Morgan fingerprint density at radius 1 is 0.385 bits per heavy atom. The first-order valence-electron chi connectivity index (χ1n) is 17.5. The Balaban J connectivity index is 1.08. The topological polar surface area (TPSA) is 16.4 Å². The maximum atomic E-state index is 6.64. The van der Waals surface area contributed by atoms with Crippen LogP contribution in [0.1, 0.15) is 0 Å². The number of fused-ring (bicyclic) bond motifs is 9. The molecule has 3 heterocycles. The summed E-state index contributed by atoms with van der Waals surface area (Å²) in [6.45, 7) is 0. The van der Waals surface area contributed by atoms with Gasteiger partial charge in [-0.05, 0) is 82.9 Å². The number of anilines is 3. The van der Waals surface area contributed by atoms with E-state index in [4.69, 9.17) is 4.42 Å². The predicted molar refractivity (Wildman–Crippen MR) is 225 cm³/mol. The van der Waals surface area contributed by atoms with Crippen LogP contribution in [-0.2, 0) is 0 Å². The van der Waals surface area contributed by atoms with Crippen molar-refractivity contribution in [2.24, 2.45) is 0 Å². The van der Waals surface area contributed by atoms with Gasteiger partial charge in [0.1, 0.15) is 5.58 Å². The molecular weight excluding hydrogens is 671 g/mol. The summed E-state index contributed by atoms with van der Waals surface area (Å²) in [6, 6.07) is 63.7. The molecule has 0 aliphatic carbocycles. The van der Waals surface area contributed by atoms with Crippen LogP contribution in [0, 0.1) is 0 Å². The van der Waals surface area contributed by atoms with Gasteiger partial charge in [0, 0.05) is 62.5 Å². The molecule has 0 saturated carbocycles. The third kappa shape index (κ3) is 4.62. The summed E-state index contributed by atoms with van der Waals surface area (Å²) < 4.78 is 11.9. The molecule has 0 aliphatic rings. The van der Waals surface area contributed by atoms with Crippen LogP contribution in [0.4, 0.5) is 17.1 Å². The zero-order valence-electron chi connectivity index (χ0n) is 27.9. The van der Waals surface area contributed by atoms with Crippen LogP contribution in [0.5, 0.6) is 0 Å². The third-order valence-corrected chi connectivity index (χ3v) is 12.7. The lowest BCUT2D eigenvalue weighted by atomic mass is 10.0. The van der Waals surface area contributed by atoms with Crippen molar-refractivity contribution in [3.05, 3.63) is 176 Å². The first kappa shape index (κ1) is 29.5. The molecule has 52 heavy (non-hydrogen) atoms. The van der Waals surface area contributed by atoms with Gasteiger partial charge in [-0.2, -0.15) is 0 Å². The van der Waals surface area contributed by atoms with E-state index in [1.807, 2.05) is 28.7 Å². The highest BCUT2D eigenvalue weighted by molar-refractivity contribution is 7.26. The standard InChI is InChI=1S/C48H29NOS2/c1-4-19-43-36(12-1)39-16-9-18-42(47(39)50-43)49(33-25-22-30(23-26-33)31-24-27-46-41(29-31)38-14-3-5-20-44(38)51-46)34-11-7-10-32(28-34)35-15-8-17-40-37-13-2-6-21-45(37)52-48(35)40/h1-29H. The van der Waals surface area contributed by atoms with Gasteiger partial charge >= 0.3 is 0 Å². The largest absolute Gasteiger partial charge is 0.454 e. The minimum Gasteiger partial charge on any atom is -0.454 e. The predicted octanol–water partition coefficient (Wildman–Crippen LogP) is 15.1. The molecule has 0 aliphatic heterocycles. The molecule has 8 aromatic carbocycles. The normalized spacial score (nSPS) is 11.8. The Morgan fingerprint density at radius 3 is 1.90 bits per heavy atom. The first-order valence-corrected chi connectivity index (χ1v) is 19.1. The van der Waals surface area contributed by atoms with E-state index in [0.29, 0.717) is 0 Å². The molecule has 0 N–H and O–H groups in total. The quantitative estimate of drug-likeness (QED) is 0.178. The number of benzene rings is 8. The molecule has 11 aromatic rings. The Labute approximate surface area is 308 Å². The molecule has 0 spiro atoms. The summed E-state index contributed by atoms with van der Waals surface area (Å²) in [5.41, 5.74) is 9.74. The summed E-state index contributed by atoms with van der Waals surface area (Å²) in [5, 5.41) is 7.47. The second-order valence-electron chi connectivity index (χ2n) is 13.3. The van der Waals surface area contributed by atoms with Crippen molar-refractivity contribution in [2.75, 3.05) is 4.90 Å². The maximum absolute atomic E-state index is 6.64. The van der Waals surface area contributed by atoms with Crippen LogP contribution in [0.25, 0.3) is 84.5 Å². The molecule has 0 bridgehead atoms. The lowest BCUT2D eigenvalue weighted by molar-refractivity contribution is 0.669. The van der Waals surface area contributed by atoms with Gasteiger partial charge in [0.05, 0.1) is 5.69 Å². The monoisotopic (exact) mass is 699 g/mol. The summed E-state index contributed by atoms with van der Waals surface area (Å²) in [5.74, 6) is 0. The van der Waals surface area contributed by atoms with Crippen molar-refractivity contribution in [3.63, 3.8) is 0 Å². The number of nitrogens with zero attached hydrogens (tertiary/aromatic N) is 1. The Bertz CT molecular complexity index is 3150. The Hall–Kier alpha value is -6.20. The second kappa shape index (κ2) is 11.7. The van der Waals surface area contributed by atoms with Crippen molar-refractivity contribution in [3.8, 4) is 22.3 Å². The van der Waals surface area contributed by atoms with Gasteiger partial charge in [0.2, 0.25) is 0 Å². The fourth-order valence-electron chi connectivity index (χ4n) is 7.83. The summed E-state index contributed by atoms with van der Waals surface area (Å²) in [7, 11) is 0. The second-order valence-corrected chi connectivity index (χ2v) is 15.4. The molecule has 11 rings (SSSR count). The Kier molecular flexibility index (Phi) is 6.63. The molecule has 4 heteroatoms.